The van der Waals surface area contributed by atoms with Crippen LogP contribution in [0.3, 0.4) is 0 Å². The number of nitrogens with zero attached hydrogens (tertiary/aromatic N) is 1. The van der Waals surface area contributed by atoms with Crippen LogP contribution < -0.4 is 11.1 Å². The van der Waals surface area contributed by atoms with Crippen LogP contribution >= 0.6 is 0 Å². The van der Waals surface area contributed by atoms with Gasteiger partial charge in [-0.3, -0.25) is 9.59 Å². The third-order valence-electron chi connectivity index (χ3n) is 3.76. The van der Waals surface area contributed by atoms with Gasteiger partial charge < -0.3 is 16.0 Å². The first-order valence-electron chi connectivity index (χ1n) is 6.65. The maximum Gasteiger partial charge on any atom is 0.253 e. The van der Waals surface area contributed by atoms with Gasteiger partial charge in [-0.15, -0.1) is 0 Å². The molecule has 2 aliphatic heterocycles. The Morgan fingerprint density at radius 3 is 2.67 bits per heavy atom. The fraction of sp³-hybridized carbons (Fsp3) is 0.692. The van der Waals surface area contributed by atoms with E-state index in [-0.39, 0.29) is 17.6 Å². The molecule has 2 amide bonds. The van der Waals surface area contributed by atoms with Gasteiger partial charge >= 0.3 is 0 Å². The van der Waals surface area contributed by atoms with Gasteiger partial charge in [0.2, 0.25) is 5.91 Å². The van der Waals surface area contributed by atoms with Gasteiger partial charge in [0.15, 0.2) is 0 Å². The third-order valence-corrected chi connectivity index (χ3v) is 3.76. The smallest absolute Gasteiger partial charge is 0.253 e. The van der Waals surface area contributed by atoms with Gasteiger partial charge in [0.25, 0.3) is 5.91 Å². The van der Waals surface area contributed by atoms with Crippen molar-refractivity contribution in [3.63, 3.8) is 0 Å². The number of hydrogen-bond acceptors (Lipinski definition) is 3. The molecule has 0 unspecified atom stereocenters. The highest BCUT2D eigenvalue weighted by Gasteiger charge is 2.26. The highest BCUT2D eigenvalue weighted by Crippen LogP contribution is 2.21. The molecule has 2 rings (SSSR count). The second-order valence-electron chi connectivity index (χ2n) is 5.27. The molecule has 0 saturated carbocycles. The van der Waals surface area contributed by atoms with Gasteiger partial charge in [-0.05, 0) is 31.6 Å². The fourth-order valence-corrected chi connectivity index (χ4v) is 2.47. The van der Waals surface area contributed by atoms with Gasteiger partial charge in [-0.1, -0.05) is 6.92 Å². The van der Waals surface area contributed by atoms with Gasteiger partial charge in [0.05, 0.1) is 5.57 Å². The molecular formula is C13H21N3O2. The third kappa shape index (κ3) is 2.83. The molecular weight excluding hydrogens is 230 g/mol. The SMILES string of the molecule is CC1CCN(C(=O)C2=C(N)NC(=O)CCC2)CC1. The summed E-state index contributed by atoms with van der Waals surface area (Å²) in [5.74, 6) is 0.847. The molecule has 1 fully saturated rings. The van der Waals surface area contributed by atoms with Crippen molar-refractivity contribution < 1.29 is 9.59 Å². The lowest BCUT2D eigenvalue weighted by molar-refractivity contribution is -0.128. The van der Waals surface area contributed by atoms with Crippen LogP contribution in [0.1, 0.15) is 39.0 Å². The van der Waals surface area contributed by atoms with Gasteiger partial charge in [-0.25, -0.2) is 0 Å². The standard InChI is InChI=1S/C13H21N3O2/c1-9-5-7-16(8-6-9)13(18)10-3-2-4-11(17)15-12(10)14/h9H,2-8,14H2,1H3,(H,15,17). The van der Waals surface area contributed by atoms with E-state index in [0.29, 0.717) is 30.8 Å². The first-order valence-corrected chi connectivity index (χ1v) is 6.65. The Bertz CT molecular complexity index is 382. The van der Waals surface area contributed by atoms with E-state index in [1.54, 1.807) is 0 Å². The summed E-state index contributed by atoms with van der Waals surface area (Å²) in [4.78, 5) is 25.6. The Balaban J connectivity index is 2.07. The number of nitrogens with one attached hydrogen (secondary N) is 1. The van der Waals surface area contributed by atoms with E-state index in [1.165, 1.54) is 0 Å². The van der Waals surface area contributed by atoms with Crippen LogP contribution in [0, 0.1) is 5.92 Å². The second kappa shape index (κ2) is 5.42. The summed E-state index contributed by atoms with van der Waals surface area (Å²) in [6.07, 6.45) is 3.82. The number of rotatable bonds is 1. The van der Waals surface area contributed by atoms with Crippen LogP contribution in [0.15, 0.2) is 11.4 Å². The molecule has 0 spiro atoms. The average molecular weight is 251 g/mol. The highest BCUT2D eigenvalue weighted by atomic mass is 16.2. The summed E-state index contributed by atoms with van der Waals surface area (Å²) in [5, 5.41) is 2.59. The zero-order valence-corrected chi connectivity index (χ0v) is 10.9. The lowest BCUT2D eigenvalue weighted by Gasteiger charge is -2.31. The number of carbonyl (C=O) groups excluding carboxylic acids is 2. The first-order chi connectivity index (χ1) is 8.58. The van der Waals surface area contributed by atoms with Crippen molar-refractivity contribution in [3.05, 3.63) is 11.4 Å². The minimum absolute atomic E-state index is 0.00148. The van der Waals surface area contributed by atoms with E-state index in [9.17, 15) is 9.59 Å². The molecule has 2 aliphatic rings. The molecule has 0 radical (unpaired) electrons. The average Bonchev–Trinajstić information content (AvgIpc) is 2.50. The zero-order valence-electron chi connectivity index (χ0n) is 10.9. The van der Waals surface area contributed by atoms with E-state index in [4.69, 9.17) is 5.73 Å². The van der Waals surface area contributed by atoms with Crippen LogP contribution in [0.5, 0.6) is 0 Å². The van der Waals surface area contributed by atoms with Crippen molar-refractivity contribution >= 4 is 11.8 Å². The molecule has 5 heteroatoms. The number of piperidine rings is 1. The van der Waals surface area contributed by atoms with E-state index in [1.807, 2.05) is 4.90 Å². The molecule has 100 valence electrons. The zero-order chi connectivity index (χ0) is 13.1. The molecule has 5 nitrogen and oxygen atoms in total. The van der Waals surface area contributed by atoms with Crippen LogP contribution in [0.4, 0.5) is 0 Å². The summed E-state index contributed by atoms with van der Waals surface area (Å²) in [7, 11) is 0. The van der Waals surface area contributed by atoms with Gasteiger partial charge in [0.1, 0.15) is 5.82 Å². The number of hydrogen-bond donors (Lipinski definition) is 2. The van der Waals surface area contributed by atoms with E-state index in [2.05, 4.69) is 12.2 Å². The molecule has 0 bridgehead atoms. The van der Waals surface area contributed by atoms with Crippen LogP contribution in [0.2, 0.25) is 0 Å². The van der Waals surface area contributed by atoms with Gasteiger partial charge in [-0.2, -0.15) is 0 Å². The molecule has 0 atom stereocenters. The van der Waals surface area contributed by atoms with Crippen LogP contribution in [-0.2, 0) is 9.59 Å². The summed E-state index contributed by atoms with van der Waals surface area (Å²) in [6.45, 7) is 3.80. The van der Waals surface area contributed by atoms with Gasteiger partial charge in [0, 0.05) is 19.5 Å². The van der Waals surface area contributed by atoms with Crippen molar-refractivity contribution in [3.8, 4) is 0 Å². The Hall–Kier alpha value is -1.52. The predicted molar refractivity (Wildman–Crippen MR) is 68.2 cm³/mol. The van der Waals surface area contributed by atoms with Crippen molar-refractivity contribution in [2.45, 2.75) is 39.0 Å². The predicted octanol–water partition coefficient (Wildman–Crippen LogP) is 0.715. The molecule has 1 saturated heterocycles. The lowest BCUT2D eigenvalue weighted by Crippen LogP contribution is -2.40. The Kier molecular flexibility index (Phi) is 3.89. The number of nitrogens with two attached hydrogens (primary N) is 1. The molecule has 3 N–H and O–H groups in total. The maximum absolute atomic E-state index is 12.4. The van der Waals surface area contributed by atoms with E-state index >= 15 is 0 Å². The van der Waals surface area contributed by atoms with E-state index < -0.39 is 0 Å². The summed E-state index contributed by atoms with van der Waals surface area (Å²) < 4.78 is 0. The Morgan fingerprint density at radius 1 is 1.33 bits per heavy atom. The van der Waals surface area contributed by atoms with Crippen LogP contribution in [0.25, 0.3) is 0 Å². The molecule has 0 aromatic rings. The Morgan fingerprint density at radius 2 is 2.00 bits per heavy atom. The molecule has 0 aliphatic carbocycles. The summed E-state index contributed by atoms with van der Waals surface area (Å²) in [6, 6.07) is 0. The monoisotopic (exact) mass is 251 g/mol. The number of carbonyl (C=O) groups is 2. The number of likely N-dealkylation sites (tertiary alicyclic amines) is 1. The quantitative estimate of drug-likeness (QED) is 0.721. The fourth-order valence-electron chi connectivity index (χ4n) is 2.47. The van der Waals surface area contributed by atoms with Crippen molar-refractivity contribution in [1.29, 1.82) is 0 Å². The minimum Gasteiger partial charge on any atom is -0.385 e. The first kappa shape index (κ1) is 12.9. The second-order valence-corrected chi connectivity index (χ2v) is 5.27. The normalized spacial score (nSPS) is 22.7. The van der Waals surface area contributed by atoms with Crippen LogP contribution in [-0.4, -0.2) is 29.8 Å². The van der Waals surface area contributed by atoms with E-state index in [0.717, 1.165) is 25.9 Å². The molecule has 18 heavy (non-hydrogen) atoms. The number of amides is 2. The van der Waals surface area contributed by atoms with Crippen molar-refractivity contribution in [2.75, 3.05) is 13.1 Å². The lowest BCUT2D eigenvalue weighted by atomic mass is 9.98. The molecule has 2 heterocycles. The minimum atomic E-state index is -0.0948. The molecule has 0 aromatic heterocycles. The topological polar surface area (TPSA) is 75.4 Å². The summed E-state index contributed by atoms with van der Waals surface area (Å²) in [5.41, 5.74) is 6.38. The highest BCUT2D eigenvalue weighted by molar-refractivity contribution is 5.95. The maximum atomic E-state index is 12.4. The largest absolute Gasteiger partial charge is 0.385 e. The molecule has 0 aromatic carbocycles. The van der Waals surface area contributed by atoms with Crippen molar-refractivity contribution in [1.82, 2.24) is 10.2 Å². The van der Waals surface area contributed by atoms with Crippen molar-refractivity contribution in [2.24, 2.45) is 11.7 Å². The summed E-state index contributed by atoms with van der Waals surface area (Å²) >= 11 is 0. The Labute approximate surface area is 107 Å².